The van der Waals surface area contributed by atoms with Crippen molar-refractivity contribution in [1.29, 1.82) is 0 Å². The molecular weight excluding hydrogens is 490 g/mol. The molecule has 208 valence electrons. The number of fused-ring (bicyclic) bond motifs is 1. The summed E-state index contributed by atoms with van der Waals surface area (Å²) < 4.78 is 12.9. The zero-order valence-electron chi connectivity index (χ0n) is 24.2. The first-order chi connectivity index (χ1) is 18.3. The molecule has 1 N–H and O–H groups in total. The van der Waals surface area contributed by atoms with E-state index in [9.17, 15) is 0 Å². The van der Waals surface area contributed by atoms with Crippen LogP contribution in [0.1, 0.15) is 71.9 Å². The molecule has 0 radical (unpaired) electrons. The van der Waals surface area contributed by atoms with Gasteiger partial charge >= 0.3 is 0 Å². The normalized spacial score (nSPS) is 19.8. The Hall–Kier alpha value is -2.29. The molecule has 0 saturated carbocycles. The summed E-state index contributed by atoms with van der Waals surface area (Å²) >= 11 is 0. The van der Waals surface area contributed by atoms with Crippen LogP contribution in [0.3, 0.4) is 0 Å². The predicted octanol–water partition coefficient (Wildman–Crippen LogP) is 6.46. The molecule has 7 nitrogen and oxygen atoms in total. The maximum absolute atomic E-state index is 6.87. The van der Waals surface area contributed by atoms with Crippen LogP contribution in [0.2, 0.25) is 16.6 Å². The third kappa shape index (κ3) is 6.46. The first kappa shape index (κ1) is 28.7. The summed E-state index contributed by atoms with van der Waals surface area (Å²) in [6, 6.07) is 10.8. The molecule has 0 amide bonds. The molecule has 4 rings (SSSR count). The highest BCUT2D eigenvalue weighted by atomic mass is 28.4. The summed E-state index contributed by atoms with van der Waals surface area (Å²) in [6.07, 6.45) is 6.97. The molecule has 2 aromatic rings. The quantitative estimate of drug-likeness (QED) is 0.248. The summed E-state index contributed by atoms with van der Waals surface area (Å²) in [6.45, 7) is 17.7. The van der Waals surface area contributed by atoms with Gasteiger partial charge < -0.3 is 19.4 Å². The molecule has 2 aliphatic heterocycles. The number of nitrogens with zero attached hydrogens (tertiary/aromatic N) is 4. The Morgan fingerprint density at radius 2 is 1.76 bits per heavy atom. The number of ether oxygens (including phenoxy) is 1. The SMILES string of the molecule is CC(C)[Si](OCC1CNc2ncnc(N3CCCC3CCOCc3ccccc3)c2C=N1)(C(C)C)C(C)C. The Morgan fingerprint density at radius 1 is 1.03 bits per heavy atom. The Balaban J connectivity index is 1.41. The number of benzene rings is 1. The van der Waals surface area contributed by atoms with E-state index < -0.39 is 8.32 Å². The van der Waals surface area contributed by atoms with Crippen LogP contribution in [0.5, 0.6) is 0 Å². The molecule has 1 aromatic heterocycles. The molecule has 1 aromatic carbocycles. The molecule has 1 saturated heterocycles. The minimum absolute atomic E-state index is 0.0564. The second-order valence-electron chi connectivity index (χ2n) is 11.7. The highest BCUT2D eigenvalue weighted by Gasteiger charge is 2.45. The predicted molar refractivity (Wildman–Crippen MR) is 160 cm³/mol. The molecular formula is C30H47N5O2Si. The van der Waals surface area contributed by atoms with Crippen LogP contribution in [-0.2, 0) is 15.8 Å². The minimum atomic E-state index is -1.94. The van der Waals surface area contributed by atoms with Gasteiger partial charge in [0.1, 0.15) is 18.0 Å². The highest BCUT2D eigenvalue weighted by Crippen LogP contribution is 2.42. The van der Waals surface area contributed by atoms with Crippen molar-refractivity contribution in [2.75, 3.05) is 36.5 Å². The third-order valence-electron chi connectivity index (χ3n) is 8.37. The Kier molecular flexibility index (Phi) is 9.95. The van der Waals surface area contributed by atoms with Gasteiger partial charge in [0.15, 0.2) is 8.32 Å². The van der Waals surface area contributed by atoms with Gasteiger partial charge in [0.05, 0.1) is 24.8 Å². The number of hydrogen-bond acceptors (Lipinski definition) is 7. The maximum Gasteiger partial charge on any atom is 0.200 e. The van der Waals surface area contributed by atoms with Crippen molar-refractivity contribution in [2.24, 2.45) is 4.99 Å². The number of rotatable bonds is 12. The molecule has 2 unspecified atom stereocenters. The minimum Gasteiger partial charge on any atom is -0.414 e. The van der Waals surface area contributed by atoms with E-state index in [-0.39, 0.29) is 6.04 Å². The van der Waals surface area contributed by atoms with Crippen LogP contribution >= 0.6 is 0 Å². The number of anilines is 2. The van der Waals surface area contributed by atoms with E-state index in [1.165, 1.54) is 5.56 Å². The fourth-order valence-corrected chi connectivity index (χ4v) is 12.0. The van der Waals surface area contributed by atoms with E-state index in [1.807, 2.05) is 12.3 Å². The topological polar surface area (TPSA) is 71.9 Å². The van der Waals surface area contributed by atoms with Gasteiger partial charge in [-0.15, -0.1) is 0 Å². The lowest BCUT2D eigenvalue weighted by Crippen LogP contribution is -2.49. The van der Waals surface area contributed by atoms with Gasteiger partial charge in [0.2, 0.25) is 0 Å². The zero-order valence-corrected chi connectivity index (χ0v) is 25.2. The lowest BCUT2D eigenvalue weighted by Gasteiger charge is -2.42. The number of hydrogen-bond donors (Lipinski definition) is 1. The summed E-state index contributed by atoms with van der Waals surface area (Å²) in [7, 11) is -1.94. The van der Waals surface area contributed by atoms with Crippen molar-refractivity contribution in [3.8, 4) is 0 Å². The van der Waals surface area contributed by atoms with Crippen molar-refractivity contribution in [3.05, 3.63) is 47.8 Å². The number of nitrogens with one attached hydrogen (secondary N) is 1. The van der Waals surface area contributed by atoms with Crippen LogP contribution in [0.15, 0.2) is 41.7 Å². The highest BCUT2D eigenvalue weighted by molar-refractivity contribution is 6.77. The average molecular weight is 538 g/mol. The molecule has 38 heavy (non-hydrogen) atoms. The van der Waals surface area contributed by atoms with Gasteiger partial charge in [-0.3, -0.25) is 4.99 Å². The Bertz CT molecular complexity index is 1020. The second-order valence-corrected chi connectivity index (χ2v) is 17.2. The average Bonchev–Trinajstić information content (AvgIpc) is 3.26. The van der Waals surface area contributed by atoms with Crippen molar-refractivity contribution in [2.45, 2.75) is 96.1 Å². The smallest absolute Gasteiger partial charge is 0.200 e. The van der Waals surface area contributed by atoms with Crippen molar-refractivity contribution in [1.82, 2.24) is 9.97 Å². The molecule has 0 bridgehead atoms. The van der Waals surface area contributed by atoms with E-state index >= 15 is 0 Å². The van der Waals surface area contributed by atoms with Gasteiger partial charge in [-0.25, -0.2) is 9.97 Å². The van der Waals surface area contributed by atoms with E-state index in [0.29, 0.717) is 35.9 Å². The Morgan fingerprint density at radius 3 is 2.47 bits per heavy atom. The molecule has 0 aliphatic carbocycles. The lowest BCUT2D eigenvalue weighted by molar-refractivity contribution is 0.114. The molecule has 1 fully saturated rings. The van der Waals surface area contributed by atoms with E-state index in [0.717, 1.165) is 56.2 Å². The summed E-state index contributed by atoms with van der Waals surface area (Å²) in [4.78, 5) is 16.7. The van der Waals surface area contributed by atoms with Gasteiger partial charge in [0.25, 0.3) is 0 Å². The van der Waals surface area contributed by atoms with Crippen LogP contribution in [0.25, 0.3) is 0 Å². The number of aliphatic imine (C=N–C) groups is 1. The van der Waals surface area contributed by atoms with E-state index in [2.05, 4.69) is 81.0 Å². The summed E-state index contributed by atoms with van der Waals surface area (Å²) in [5.41, 5.74) is 3.89. The van der Waals surface area contributed by atoms with Crippen LogP contribution in [0.4, 0.5) is 11.6 Å². The summed E-state index contributed by atoms with van der Waals surface area (Å²) in [5, 5.41) is 3.56. The van der Waals surface area contributed by atoms with E-state index in [1.54, 1.807) is 6.33 Å². The molecule has 8 heteroatoms. The van der Waals surface area contributed by atoms with Gasteiger partial charge in [-0.05, 0) is 41.4 Å². The van der Waals surface area contributed by atoms with Gasteiger partial charge in [0, 0.05) is 32.0 Å². The molecule has 2 atom stereocenters. The second kappa shape index (κ2) is 13.2. The first-order valence-corrected chi connectivity index (χ1v) is 16.6. The lowest BCUT2D eigenvalue weighted by atomic mass is 10.1. The third-order valence-corrected chi connectivity index (χ3v) is 14.5. The fourth-order valence-electron chi connectivity index (χ4n) is 6.56. The van der Waals surface area contributed by atoms with Crippen molar-refractivity contribution in [3.63, 3.8) is 0 Å². The fraction of sp³-hybridized carbons (Fsp3) is 0.633. The maximum atomic E-state index is 6.87. The van der Waals surface area contributed by atoms with Gasteiger partial charge in [-0.2, -0.15) is 0 Å². The van der Waals surface area contributed by atoms with Crippen LogP contribution in [-0.4, -0.2) is 62.9 Å². The first-order valence-electron chi connectivity index (χ1n) is 14.5. The molecule has 2 aliphatic rings. The zero-order chi connectivity index (χ0) is 27.1. The monoisotopic (exact) mass is 537 g/mol. The van der Waals surface area contributed by atoms with Crippen molar-refractivity contribution >= 4 is 26.2 Å². The summed E-state index contributed by atoms with van der Waals surface area (Å²) in [5.74, 6) is 1.85. The van der Waals surface area contributed by atoms with Crippen molar-refractivity contribution < 1.29 is 9.16 Å². The molecule has 3 heterocycles. The largest absolute Gasteiger partial charge is 0.414 e. The number of aromatic nitrogens is 2. The standard InChI is InChI=1S/C30H47N5O2Si/c1-22(2)38(23(3)4,24(5)6)37-20-26-17-32-29-28(18-31-26)30(34-21-33-29)35-15-10-13-27(35)14-16-36-19-25-11-8-7-9-12-25/h7-9,11-12,18,21-24,26-27H,10,13-17,19-20H2,1-6H3,(H,32,33,34). The Labute approximate surface area is 230 Å². The van der Waals surface area contributed by atoms with Gasteiger partial charge in [-0.1, -0.05) is 71.9 Å². The van der Waals surface area contributed by atoms with Crippen LogP contribution < -0.4 is 10.2 Å². The van der Waals surface area contributed by atoms with E-state index in [4.69, 9.17) is 19.1 Å². The van der Waals surface area contributed by atoms with Crippen LogP contribution in [0, 0.1) is 0 Å². The molecule has 0 spiro atoms.